The molecule has 5 nitrogen and oxygen atoms in total. The predicted molar refractivity (Wildman–Crippen MR) is 122 cm³/mol. The number of rotatable bonds is 3. The average molecular weight is 402 g/mol. The van der Waals surface area contributed by atoms with E-state index in [4.69, 9.17) is 0 Å². The Morgan fingerprint density at radius 2 is 1.77 bits per heavy atom. The molecule has 4 N–H and O–H groups in total. The zero-order valence-corrected chi connectivity index (χ0v) is 17.2. The molecule has 1 aliphatic carbocycles. The highest BCUT2D eigenvalue weighted by Crippen LogP contribution is 2.42. The monoisotopic (exact) mass is 401 g/mol. The Balaban J connectivity index is 0.000000687. The van der Waals surface area contributed by atoms with Gasteiger partial charge in [0, 0.05) is 17.5 Å². The van der Waals surface area contributed by atoms with Crippen molar-refractivity contribution >= 4 is 28.1 Å². The zero-order valence-electron chi connectivity index (χ0n) is 17.2. The third-order valence-electron chi connectivity index (χ3n) is 5.82. The van der Waals surface area contributed by atoms with Crippen molar-refractivity contribution in [3.63, 3.8) is 0 Å². The second-order valence-corrected chi connectivity index (χ2v) is 7.68. The number of benzene rings is 3. The number of fused-ring (bicyclic) bond motifs is 4. The zero-order chi connectivity index (χ0) is 21.1. The van der Waals surface area contributed by atoms with Gasteiger partial charge in [-0.3, -0.25) is 16.1 Å². The number of carbonyl (C=O) groups excluding carboxylic acids is 1. The van der Waals surface area contributed by atoms with Crippen LogP contribution in [0.4, 0.5) is 0 Å². The number of nitrogens with one attached hydrogen (secondary N) is 1. The number of nitrogens with two attached hydrogens (primary N) is 1. The summed E-state index contributed by atoms with van der Waals surface area (Å²) in [5.74, 6) is 4.97. The third-order valence-corrected chi connectivity index (χ3v) is 5.82. The summed E-state index contributed by atoms with van der Waals surface area (Å²) in [6.07, 6.45) is 5.08. The average Bonchev–Trinajstić information content (AvgIpc) is 3.09. The molecule has 1 heterocycles. The summed E-state index contributed by atoms with van der Waals surface area (Å²) in [5, 5.41) is 12.9. The summed E-state index contributed by atoms with van der Waals surface area (Å²) in [7, 11) is 1.65. The number of hydrazine groups is 1. The van der Waals surface area contributed by atoms with Gasteiger partial charge in [0.05, 0.1) is 16.4 Å². The molecule has 1 aliphatic rings. The minimum Gasteiger partial charge on any atom is -0.507 e. The molecular formula is C25H27N3O2. The number of nitrogens with zero attached hydrogens (tertiary/aromatic N) is 1. The molecule has 0 bridgehead atoms. The molecule has 154 valence electrons. The fourth-order valence-electron chi connectivity index (χ4n) is 4.55. The second kappa shape index (κ2) is 8.69. The molecule has 0 radical (unpaired) electrons. The molecule has 0 amide bonds. The summed E-state index contributed by atoms with van der Waals surface area (Å²) in [6, 6.07) is 18.4. The highest BCUT2D eigenvalue weighted by Gasteiger charge is 2.22. The van der Waals surface area contributed by atoms with E-state index in [0.717, 1.165) is 59.3 Å². The van der Waals surface area contributed by atoms with Crippen molar-refractivity contribution in [1.29, 1.82) is 0 Å². The number of phenolic OH excluding ortho intramolecular Hbond substituents is 1. The van der Waals surface area contributed by atoms with Gasteiger partial charge in [0.25, 0.3) is 0 Å². The number of aromatic nitrogens is 1. The molecule has 0 atom stereocenters. The van der Waals surface area contributed by atoms with Gasteiger partial charge in [0.1, 0.15) is 5.75 Å². The van der Waals surface area contributed by atoms with Crippen LogP contribution in [0.15, 0.2) is 54.6 Å². The van der Waals surface area contributed by atoms with Crippen LogP contribution in [0.2, 0.25) is 0 Å². The van der Waals surface area contributed by atoms with Gasteiger partial charge >= 0.3 is 0 Å². The number of aromatic hydroxyl groups is 1. The van der Waals surface area contributed by atoms with Gasteiger partial charge < -0.3 is 9.67 Å². The van der Waals surface area contributed by atoms with Crippen LogP contribution in [0.1, 0.15) is 39.9 Å². The molecule has 3 aromatic carbocycles. The molecule has 30 heavy (non-hydrogen) atoms. The lowest BCUT2D eigenvalue weighted by atomic mass is 9.89. The first-order valence-electron chi connectivity index (χ1n) is 10.3. The quantitative estimate of drug-likeness (QED) is 0.271. The maximum Gasteiger partial charge on any atom is 0.150 e. The fourth-order valence-corrected chi connectivity index (χ4v) is 4.55. The largest absolute Gasteiger partial charge is 0.507 e. The Morgan fingerprint density at radius 1 is 1.03 bits per heavy atom. The molecule has 0 saturated heterocycles. The van der Waals surface area contributed by atoms with E-state index in [2.05, 4.69) is 34.0 Å². The van der Waals surface area contributed by atoms with E-state index >= 15 is 0 Å². The lowest BCUT2D eigenvalue weighted by Crippen LogP contribution is -2.13. The van der Waals surface area contributed by atoms with E-state index in [1.165, 1.54) is 11.1 Å². The molecule has 0 spiro atoms. The van der Waals surface area contributed by atoms with Gasteiger partial charge in [0.2, 0.25) is 0 Å². The SMILES string of the molecule is CNN.O=Cc1cccc2c1c1c(O)c3c(cc1n2Cc1ccccc1)CCCC3. The number of hydrogen-bond acceptors (Lipinski definition) is 4. The number of aldehydes is 1. The van der Waals surface area contributed by atoms with E-state index in [1.807, 2.05) is 36.4 Å². The second-order valence-electron chi connectivity index (χ2n) is 7.68. The van der Waals surface area contributed by atoms with Gasteiger partial charge in [-0.15, -0.1) is 0 Å². The van der Waals surface area contributed by atoms with Gasteiger partial charge in [-0.25, -0.2) is 0 Å². The summed E-state index contributed by atoms with van der Waals surface area (Å²) < 4.78 is 2.24. The highest BCUT2D eigenvalue weighted by atomic mass is 16.3. The minimum atomic E-state index is 0.369. The first-order valence-corrected chi connectivity index (χ1v) is 10.3. The molecule has 0 unspecified atom stereocenters. The van der Waals surface area contributed by atoms with Crippen molar-refractivity contribution in [2.24, 2.45) is 5.84 Å². The number of aryl methyl sites for hydroxylation is 1. The van der Waals surface area contributed by atoms with E-state index in [0.29, 0.717) is 17.9 Å². The fraction of sp³-hybridized carbons (Fsp3) is 0.240. The molecule has 5 rings (SSSR count). The Kier molecular flexibility index (Phi) is 5.84. The van der Waals surface area contributed by atoms with Crippen LogP contribution in [0, 0.1) is 0 Å². The van der Waals surface area contributed by atoms with Gasteiger partial charge in [-0.05, 0) is 61.6 Å². The summed E-state index contributed by atoms with van der Waals surface area (Å²) in [6.45, 7) is 0.710. The van der Waals surface area contributed by atoms with Crippen LogP contribution in [0.3, 0.4) is 0 Å². The predicted octanol–water partition coefficient (Wildman–Crippen LogP) is 4.32. The third kappa shape index (κ3) is 3.47. The summed E-state index contributed by atoms with van der Waals surface area (Å²) >= 11 is 0. The van der Waals surface area contributed by atoms with Crippen molar-refractivity contribution in [1.82, 2.24) is 9.99 Å². The number of hydrogen-bond donors (Lipinski definition) is 3. The highest BCUT2D eigenvalue weighted by molar-refractivity contribution is 6.17. The maximum atomic E-state index is 11.7. The van der Waals surface area contributed by atoms with Crippen molar-refractivity contribution in [2.75, 3.05) is 7.05 Å². The van der Waals surface area contributed by atoms with Crippen LogP contribution < -0.4 is 11.3 Å². The molecule has 5 heteroatoms. The Hall–Kier alpha value is -3.15. The van der Waals surface area contributed by atoms with Crippen molar-refractivity contribution in [3.8, 4) is 5.75 Å². The Morgan fingerprint density at radius 3 is 2.50 bits per heavy atom. The van der Waals surface area contributed by atoms with E-state index in [1.54, 1.807) is 7.05 Å². The van der Waals surface area contributed by atoms with E-state index in [9.17, 15) is 9.90 Å². The lowest BCUT2D eigenvalue weighted by molar-refractivity contribution is 0.112. The standard InChI is InChI=1S/C24H21NO2.CH6N2/c26-15-18-10-6-12-20-22(18)23-21(25(20)14-16-7-2-1-3-8-16)13-17-9-4-5-11-19(17)24(23)27;1-3-2/h1-3,6-8,10,12-13,15,27H,4-5,9,11,14H2;3H,2H2,1H3. The number of phenols is 1. The van der Waals surface area contributed by atoms with Crippen LogP contribution >= 0.6 is 0 Å². The molecule has 0 saturated carbocycles. The van der Waals surface area contributed by atoms with E-state index in [-0.39, 0.29) is 0 Å². The van der Waals surface area contributed by atoms with Gasteiger partial charge in [-0.1, -0.05) is 42.5 Å². The van der Waals surface area contributed by atoms with Crippen molar-refractivity contribution in [3.05, 3.63) is 76.9 Å². The minimum absolute atomic E-state index is 0.369. The molecule has 0 aliphatic heterocycles. The van der Waals surface area contributed by atoms with E-state index < -0.39 is 0 Å². The Labute approximate surface area is 176 Å². The van der Waals surface area contributed by atoms with Crippen LogP contribution in [-0.2, 0) is 19.4 Å². The van der Waals surface area contributed by atoms with Crippen LogP contribution in [0.25, 0.3) is 21.8 Å². The maximum absolute atomic E-state index is 11.7. The molecule has 1 aromatic heterocycles. The van der Waals surface area contributed by atoms with Crippen LogP contribution in [0.5, 0.6) is 5.75 Å². The smallest absolute Gasteiger partial charge is 0.150 e. The van der Waals surface area contributed by atoms with Gasteiger partial charge in [-0.2, -0.15) is 0 Å². The first kappa shape index (κ1) is 20.1. The molecule has 0 fully saturated rings. The summed E-state index contributed by atoms with van der Waals surface area (Å²) in [5.41, 5.74) is 8.40. The Bertz CT molecular complexity index is 1200. The molecular weight excluding hydrogens is 374 g/mol. The topological polar surface area (TPSA) is 80.3 Å². The van der Waals surface area contributed by atoms with Crippen molar-refractivity contribution < 1.29 is 9.90 Å². The van der Waals surface area contributed by atoms with Crippen LogP contribution in [-0.4, -0.2) is 23.0 Å². The summed E-state index contributed by atoms with van der Waals surface area (Å²) in [4.78, 5) is 11.7. The molecule has 4 aromatic rings. The number of carbonyl (C=O) groups is 1. The van der Waals surface area contributed by atoms with Gasteiger partial charge in [0.15, 0.2) is 6.29 Å². The lowest BCUT2D eigenvalue weighted by Gasteiger charge is -2.18. The first-order chi connectivity index (χ1) is 14.7. The normalized spacial score (nSPS) is 13.0. The van der Waals surface area contributed by atoms with Crippen molar-refractivity contribution in [2.45, 2.75) is 32.2 Å².